The molecular weight excluding hydrogens is 164 g/mol. The molecule has 0 aromatic heterocycles. The van der Waals surface area contributed by atoms with Crippen LogP contribution in [0.2, 0.25) is 0 Å². The number of aliphatic imine (C=N–C) groups is 1. The molecule has 4 nitrogen and oxygen atoms in total. The topological polar surface area (TPSA) is 48.5 Å². The summed E-state index contributed by atoms with van der Waals surface area (Å²) in [5.74, 6) is 0.863. The van der Waals surface area contributed by atoms with Gasteiger partial charge in [-0.15, -0.1) is 0 Å². The van der Waals surface area contributed by atoms with E-state index in [1.807, 2.05) is 14.1 Å². The fourth-order valence-electron chi connectivity index (χ4n) is 0.890. The second-order valence-corrected chi connectivity index (χ2v) is 2.46. The molecule has 62 valence electrons. The highest BCUT2D eigenvalue weighted by Crippen LogP contribution is 2.11. The van der Waals surface area contributed by atoms with Gasteiger partial charge in [0.05, 0.1) is 12.0 Å². The summed E-state index contributed by atoms with van der Waals surface area (Å²) in [5.41, 5.74) is 0.542. The van der Waals surface area contributed by atoms with Crippen LogP contribution < -0.4 is 16.0 Å². The molecule has 0 aromatic carbocycles. The third-order valence-electron chi connectivity index (χ3n) is 1.44. The van der Waals surface area contributed by atoms with Gasteiger partial charge in [-0.25, -0.2) is 4.99 Å². The Kier molecular flexibility index (Phi) is 2.59. The number of likely N-dealkylation sites (N-methyl/N-ethyl adjacent to an activating group) is 1. The molecular formula is C6H11ClN4. The lowest BCUT2D eigenvalue weighted by atomic mass is 10.4. The van der Waals surface area contributed by atoms with Crippen LogP contribution in [0.3, 0.4) is 0 Å². The summed E-state index contributed by atoms with van der Waals surface area (Å²) in [4.78, 5) is 3.95. The Balaban J connectivity index is 2.81. The molecule has 0 amide bonds. The van der Waals surface area contributed by atoms with Crippen LogP contribution >= 0.6 is 11.6 Å². The van der Waals surface area contributed by atoms with Gasteiger partial charge in [0.1, 0.15) is 5.82 Å². The first-order chi connectivity index (χ1) is 5.29. The SMILES string of the molecule is CNC1=C(NC)C(Cl)N=CN1. The standard InChI is InChI=1S/C6H11ClN4/c1-8-4-5(7)10-3-11-6(4)9-2/h3,5,8-9H,1-2H3,(H,10,11). The molecule has 5 heteroatoms. The molecule has 1 rings (SSSR count). The van der Waals surface area contributed by atoms with Gasteiger partial charge in [-0.3, -0.25) is 0 Å². The van der Waals surface area contributed by atoms with Crippen molar-refractivity contribution in [2.45, 2.75) is 5.50 Å². The number of hydrogen-bond donors (Lipinski definition) is 3. The number of rotatable bonds is 2. The zero-order valence-electron chi connectivity index (χ0n) is 6.48. The molecule has 1 aliphatic rings. The maximum absolute atomic E-state index is 5.86. The molecule has 0 radical (unpaired) electrons. The van der Waals surface area contributed by atoms with Crippen LogP contribution in [0.4, 0.5) is 0 Å². The lowest BCUT2D eigenvalue weighted by Gasteiger charge is -2.19. The molecule has 0 spiro atoms. The Morgan fingerprint density at radius 1 is 1.55 bits per heavy atom. The number of alkyl halides is 1. The van der Waals surface area contributed by atoms with Crippen molar-refractivity contribution in [3.8, 4) is 0 Å². The normalized spacial score (nSPS) is 23.0. The molecule has 3 N–H and O–H groups in total. The van der Waals surface area contributed by atoms with E-state index in [4.69, 9.17) is 11.6 Å². The lowest BCUT2D eigenvalue weighted by Crippen LogP contribution is -2.34. The largest absolute Gasteiger partial charge is 0.386 e. The molecule has 1 atom stereocenters. The second kappa shape index (κ2) is 3.48. The highest BCUT2D eigenvalue weighted by molar-refractivity contribution is 6.22. The van der Waals surface area contributed by atoms with Crippen molar-refractivity contribution < 1.29 is 0 Å². The van der Waals surface area contributed by atoms with Crippen molar-refractivity contribution in [2.24, 2.45) is 4.99 Å². The van der Waals surface area contributed by atoms with Gasteiger partial charge >= 0.3 is 0 Å². The van der Waals surface area contributed by atoms with Crippen molar-refractivity contribution in [1.82, 2.24) is 16.0 Å². The Bertz CT molecular complexity index is 199. The summed E-state index contributed by atoms with van der Waals surface area (Å²) >= 11 is 5.86. The third-order valence-corrected chi connectivity index (χ3v) is 1.77. The quantitative estimate of drug-likeness (QED) is 0.401. The van der Waals surface area contributed by atoms with Gasteiger partial charge in [0.15, 0.2) is 5.50 Å². The summed E-state index contributed by atoms with van der Waals surface area (Å²) in [7, 11) is 3.63. The Morgan fingerprint density at radius 2 is 2.27 bits per heavy atom. The van der Waals surface area contributed by atoms with Gasteiger partial charge in [0, 0.05) is 14.1 Å². The monoisotopic (exact) mass is 174 g/mol. The zero-order valence-corrected chi connectivity index (χ0v) is 7.24. The van der Waals surface area contributed by atoms with E-state index in [1.165, 1.54) is 0 Å². The highest BCUT2D eigenvalue weighted by atomic mass is 35.5. The lowest BCUT2D eigenvalue weighted by molar-refractivity contribution is 0.757. The summed E-state index contributed by atoms with van der Waals surface area (Å²) < 4.78 is 0. The first-order valence-electron chi connectivity index (χ1n) is 3.31. The average molecular weight is 175 g/mol. The van der Waals surface area contributed by atoms with Crippen molar-refractivity contribution in [1.29, 1.82) is 0 Å². The minimum atomic E-state index is -0.316. The molecule has 1 unspecified atom stereocenters. The fourth-order valence-corrected chi connectivity index (χ4v) is 1.16. The van der Waals surface area contributed by atoms with E-state index in [0.29, 0.717) is 0 Å². The number of nitrogens with one attached hydrogen (secondary N) is 3. The number of nitrogens with zero attached hydrogens (tertiary/aromatic N) is 1. The molecule has 0 bridgehead atoms. The van der Waals surface area contributed by atoms with Gasteiger partial charge in [-0.2, -0.15) is 0 Å². The van der Waals surface area contributed by atoms with E-state index in [0.717, 1.165) is 11.5 Å². The molecule has 11 heavy (non-hydrogen) atoms. The molecule has 1 heterocycles. The Morgan fingerprint density at radius 3 is 2.73 bits per heavy atom. The third kappa shape index (κ3) is 1.57. The van der Waals surface area contributed by atoms with E-state index >= 15 is 0 Å². The minimum absolute atomic E-state index is 0.316. The van der Waals surface area contributed by atoms with Crippen molar-refractivity contribution in [3.05, 3.63) is 11.5 Å². The van der Waals surface area contributed by atoms with Gasteiger partial charge < -0.3 is 16.0 Å². The molecule has 1 aliphatic heterocycles. The van der Waals surface area contributed by atoms with Gasteiger partial charge in [0.2, 0.25) is 0 Å². The van der Waals surface area contributed by atoms with Crippen LogP contribution in [-0.4, -0.2) is 25.9 Å². The van der Waals surface area contributed by atoms with Crippen LogP contribution in [0.15, 0.2) is 16.5 Å². The first-order valence-corrected chi connectivity index (χ1v) is 3.75. The van der Waals surface area contributed by atoms with E-state index in [9.17, 15) is 0 Å². The minimum Gasteiger partial charge on any atom is -0.386 e. The molecule has 0 aromatic rings. The van der Waals surface area contributed by atoms with Crippen molar-refractivity contribution >= 4 is 17.9 Å². The molecule has 0 saturated carbocycles. The first kappa shape index (κ1) is 8.20. The zero-order chi connectivity index (χ0) is 8.27. The van der Waals surface area contributed by atoms with E-state index in [1.54, 1.807) is 6.34 Å². The summed E-state index contributed by atoms with van der Waals surface area (Å²) in [5, 5.41) is 8.86. The average Bonchev–Trinajstić information content (AvgIpc) is 2.04. The van der Waals surface area contributed by atoms with Crippen LogP contribution in [0, 0.1) is 0 Å². The van der Waals surface area contributed by atoms with Gasteiger partial charge in [-0.05, 0) is 0 Å². The predicted molar refractivity (Wildman–Crippen MR) is 46.4 cm³/mol. The van der Waals surface area contributed by atoms with Crippen molar-refractivity contribution in [3.63, 3.8) is 0 Å². The van der Waals surface area contributed by atoms with E-state index in [-0.39, 0.29) is 5.50 Å². The second-order valence-electron chi connectivity index (χ2n) is 2.05. The van der Waals surface area contributed by atoms with Crippen LogP contribution in [0.1, 0.15) is 0 Å². The van der Waals surface area contributed by atoms with Crippen LogP contribution in [0.25, 0.3) is 0 Å². The number of halogens is 1. The maximum Gasteiger partial charge on any atom is 0.168 e. The van der Waals surface area contributed by atoms with Crippen molar-refractivity contribution in [2.75, 3.05) is 14.1 Å². The number of hydrogen-bond acceptors (Lipinski definition) is 4. The molecule has 0 saturated heterocycles. The predicted octanol–water partition coefficient (Wildman–Crippen LogP) is -0.209. The van der Waals surface area contributed by atoms with E-state index < -0.39 is 0 Å². The smallest absolute Gasteiger partial charge is 0.168 e. The summed E-state index contributed by atoms with van der Waals surface area (Å²) in [6.45, 7) is 0. The summed E-state index contributed by atoms with van der Waals surface area (Å²) in [6, 6.07) is 0. The van der Waals surface area contributed by atoms with Crippen LogP contribution in [-0.2, 0) is 0 Å². The van der Waals surface area contributed by atoms with Gasteiger partial charge in [0.25, 0.3) is 0 Å². The molecule has 0 fully saturated rings. The van der Waals surface area contributed by atoms with Crippen LogP contribution in [0.5, 0.6) is 0 Å². The summed E-state index contributed by atoms with van der Waals surface area (Å²) in [6.07, 6.45) is 1.57. The maximum atomic E-state index is 5.86. The fraction of sp³-hybridized carbons (Fsp3) is 0.500. The molecule has 0 aliphatic carbocycles. The van der Waals surface area contributed by atoms with E-state index in [2.05, 4.69) is 20.9 Å². The Hall–Kier alpha value is -0.900. The highest BCUT2D eigenvalue weighted by Gasteiger charge is 2.15. The Labute approximate surface area is 70.7 Å². The van der Waals surface area contributed by atoms with Gasteiger partial charge in [-0.1, -0.05) is 11.6 Å².